The molecule has 1 aliphatic rings. The van der Waals surface area contributed by atoms with E-state index in [2.05, 4.69) is 62.4 Å². The molecule has 0 unspecified atom stereocenters. The second-order valence-corrected chi connectivity index (χ2v) is 7.32. The summed E-state index contributed by atoms with van der Waals surface area (Å²) in [6.07, 6.45) is 7.93. The summed E-state index contributed by atoms with van der Waals surface area (Å²) in [5.41, 5.74) is 0. The summed E-state index contributed by atoms with van der Waals surface area (Å²) in [6, 6.07) is 11.0. The molecule has 1 aromatic carbocycles. The predicted octanol–water partition coefficient (Wildman–Crippen LogP) is 3.60. The Balaban J connectivity index is 2.28. The van der Waals surface area contributed by atoms with Crippen molar-refractivity contribution in [2.24, 2.45) is 0 Å². The van der Waals surface area contributed by atoms with Crippen LogP contribution in [0.2, 0.25) is 4.82 Å². The molecule has 0 fully saturated rings. The molecule has 0 nitrogen and oxygen atoms in total. The number of hydrogen-bond donors (Lipinski definition) is 0. The number of rotatable bonds is 3. The van der Waals surface area contributed by atoms with Crippen molar-refractivity contribution < 1.29 is 13.9 Å². The van der Waals surface area contributed by atoms with E-state index in [1.165, 1.54) is 4.46 Å². The number of allylic oxidation sites excluding steroid dienone is 4. The third-order valence-corrected chi connectivity index (χ3v) is 5.82. The van der Waals surface area contributed by atoms with Crippen LogP contribution in [0.5, 0.6) is 0 Å². The van der Waals surface area contributed by atoms with Crippen molar-refractivity contribution in [2.45, 2.75) is 25.1 Å². The van der Waals surface area contributed by atoms with Gasteiger partial charge >= 0.3 is 96.5 Å². The topological polar surface area (TPSA) is 0 Å². The summed E-state index contributed by atoms with van der Waals surface area (Å²) in [5, 5.41) is 0. The fourth-order valence-corrected chi connectivity index (χ4v) is 4.97. The van der Waals surface area contributed by atoms with Gasteiger partial charge < -0.3 is 0 Å². The maximum absolute atomic E-state index is 2.34. The molecule has 0 aliphatic heterocycles. The second kappa shape index (κ2) is 4.83. The quantitative estimate of drug-likeness (QED) is 0.709. The number of benzene rings is 1. The van der Waals surface area contributed by atoms with E-state index in [-0.39, 0.29) is 13.9 Å². The first kappa shape index (κ1) is 10.7. The van der Waals surface area contributed by atoms with E-state index in [4.69, 9.17) is 0 Å². The third kappa shape index (κ3) is 2.42. The van der Waals surface area contributed by atoms with Gasteiger partial charge in [-0.05, 0) is 0 Å². The normalized spacial score (nSPS) is 15.7. The molecule has 0 bridgehead atoms. The summed E-state index contributed by atoms with van der Waals surface area (Å²) in [6.45, 7) is 4.68. The van der Waals surface area contributed by atoms with E-state index in [0.29, 0.717) is 0 Å². The van der Waals surface area contributed by atoms with Crippen molar-refractivity contribution in [2.75, 3.05) is 0 Å². The van der Waals surface area contributed by atoms with Crippen LogP contribution in [-0.4, -0.2) is 0 Å². The zero-order valence-electron chi connectivity index (χ0n) is 9.26. The maximum atomic E-state index is 2.34. The van der Waals surface area contributed by atoms with Crippen LogP contribution in [0.4, 0.5) is 0 Å². The first-order chi connectivity index (χ1) is 7.29. The Bertz CT molecular complexity index is 374. The van der Waals surface area contributed by atoms with E-state index in [0.717, 1.165) is 11.2 Å². The van der Waals surface area contributed by atoms with Gasteiger partial charge in [-0.15, -0.1) is 0 Å². The van der Waals surface area contributed by atoms with E-state index in [9.17, 15) is 0 Å². The zero-order valence-corrected chi connectivity index (χ0v) is 10.4. The van der Waals surface area contributed by atoms with Gasteiger partial charge in [-0.1, -0.05) is 0 Å². The molecular weight excluding hydrogens is 224 g/mol. The molecule has 81 valence electrons. The minimum absolute atomic E-state index is 0.318. The number of hydrogen-bond acceptors (Lipinski definition) is 0. The molecule has 0 spiro atoms. The standard InChI is InChI=1S/C6H5.C5H5.C3H7.Fe/c1-2-4-6-5-3-1;1-2-4-5-3-1;1-3-2;/h1-5H;1-3H,4H2;3H,1-2H3;. The van der Waals surface area contributed by atoms with Crippen molar-refractivity contribution in [3.8, 4) is 0 Å². The van der Waals surface area contributed by atoms with E-state index < -0.39 is 0 Å². The molecule has 0 amide bonds. The molecular formula is C14H17Fe. The van der Waals surface area contributed by atoms with Crippen LogP contribution >= 0.6 is 0 Å². The Morgan fingerprint density at radius 1 is 1.13 bits per heavy atom. The van der Waals surface area contributed by atoms with E-state index in [1.54, 1.807) is 4.47 Å². The average molecular weight is 241 g/mol. The molecule has 0 aromatic heterocycles. The van der Waals surface area contributed by atoms with Crippen molar-refractivity contribution in [1.82, 2.24) is 0 Å². The first-order valence-corrected chi connectivity index (χ1v) is 7.08. The van der Waals surface area contributed by atoms with Gasteiger partial charge in [0, 0.05) is 0 Å². The van der Waals surface area contributed by atoms with Gasteiger partial charge in [0.25, 0.3) is 0 Å². The summed E-state index contributed by atoms with van der Waals surface area (Å²) in [7, 11) is 0. The fraction of sp³-hybridized carbons (Fsp3) is 0.286. The van der Waals surface area contributed by atoms with E-state index in [1.807, 2.05) is 0 Å². The summed E-state index contributed by atoms with van der Waals surface area (Å²) in [4.78, 5) is 0.749. The van der Waals surface area contributed by atoms with Gasteiger partial charge in [-0.3, -0.25) is 0 Å². The van der Waals surface area contributed by atoms with Crippen LogP contribution in [0, 0.1) is 0 Å². The Morgan fingerprint density at radius 3 is 2.40 bits per heavy atom. The van der Waals surface area contributed by atoms with Crippen LogP contribution in [0.3, 0.4) is 0 Å². The summed E-state index contributed by atoms with van der Waals surface area (Å²) >= 11 is -0.318. The zero-order chi connectivity index (χ0) is 10.7. The third-order valence-electron chi connectivity index (χ3n) is 2.31. The molecule has 1 heteroatoms. The monoisotopic (exact) mass is 241 g/mol. The van der Waals surface area contributed by atoms with Crippen molar-refractivity contribution in [3.05, 3.63) is 53.0 Å². The molecule has 0 atom stereocenters. The van der Waals surface area contributed by atoms with E-state index >= 15 is 0 Å². The average Bonchev–Trinajstić information content (AvgIpc) is 2.72. The SMILES string of the molecule is C[CH](C)[Fe]([C]1=CC=CC1)[c]1ccccc1. The Labute approximate surface area is 96.6 Å². The van der Waals surface area contributed by atoms with Crippen molar-refractivity contribution >= 4 is 4.46 Å². The molecule has 0 radical (unpaired) electrons. The van der Waals surface area contributed by atoms with Crippen LogP contribution in [0.15, 0.2) is 53.0 Å². The Hall–Kier alpha value is -0.781. The van der Waals surface area contributed by atoms with Gasteiger partial charge in [0.2, 0.25) is 0 Å². The Kier molecular flexibility index (Phi) is 3.45. The van der Waals surface area contributed by atoms with Crippen molar-refractivity contribution in [1.29, 1.82) is 0 Å². The molecule has 2 rings (SSSR count). The molecule has 0 N–H and O–H groups in total. The predicted molar refractivity (Wildman–Crippen MR) is 63.0 cm³/mol. The van der Waals surface area contributed by atoms with Crippen LogP contribution in [-0.2, 0) is 13.9 Å². The fourth-order valence-electron chi connectivity index (χ4n) is 1.72. The molecule has 1 aliphatic carbocycles. The summed E-state index contributed by atoms with van der Waals surface area (Å²) < 4.78 is 3.17. The molecule has 0 saturated carbocycles. The van der Waals surface area contributed by atoms with Gasteiger partial charge in [-0.2, -0.15) is 0 Å². The van der Waals surface area contributed by atoms with Crippen LogP contribution < -0.4 is 4.46 Å². The first-order valence-electron chi connectivity index (χ1n) is 5.34. The van der Waals surface area contributed by atoms with Crippen LogP contribution in [0.25, 0.3) is 0 Å². The molecule has 1 aromatic rings. The van der Waals surface area contributed by atoms with Gasteiger partial charge in [-0.25, -0.2) is 0 Å². The van der Waals surface area contributed by atoms with Gasteiger partial charge in [0.1, 0.15) is 0 Å². The Morgan fingerprint density at radius 2 is 1.87 bits per heavy atom. The molecule has 15 heavy (non-hydrogen) atoms. The second-order valence-electron chi connectivity index (χ2n) is 3.79. The molecule has 0 heterocycles. The van der Waals surface area contributed by atoms with Gasteiger partial charge in [0.15, 0.2) is 0 Å². The summed E-state index contributed by atoms with van der Waals surface area (Å²) in [5.74, 6) is 0. The van der Waals surface area contributed by atoms with Crippen molar-refractivity contribution in [3.63, 3.8) is 0 Å². The molecule has 0 saturated heterocycles. The van der Waals surface area contributed by atoms with Gasteiger partial charge in [0.05, 0.1) is 0 Å². The minimum atomic E-state index is -0.318. The van der Waals surface area contributed by atoms with Crippen LogP contribution in [0.1, 0.15) is 20.3 Å².